The van der Waals surface area contributed by atoms with E-state index < -0.39 is 12.0 Å². The number of carbonyl (C=O) groups is 1. The molecule has 0 unspecified atom stereocenters. The Morgan fingerprint density at radius 1 is 1.26 bits per heavy atom. The second-order valence-corrected chi connectivity index (χ2v) is 10.1. The van der Waals surface area contributed by atoms with Crippen molar-refractivity contribution in [3.8, 4) is 5.75 Å². The van der Waals surface area contributed by atoms with Gasteiger partial charge in [-0.3, -0.25) is 9.36 Å². The van der Waals surface area contributed by atoms with Gasteiger partial charge in [-0.25, -0.2) is 9.79 Å². The summed E-state index contributed by atoms with van der Waals surface area (Å²) in [6.07, 6.45) is 1.70. The molecular weight excluding hydrogens is 563 g/mol. The van der Waals surface area contributed by atoms with Crippen molar-refractivity contribution in [2.24, 2.45) is 4.99 Å². The van der Waals surface area contributed by atoms with E-state index in [1.807, 2.05) is 12.1 Å². The van der Waals surface area contributed by atoms with E-state index in [1.54, 1.807) is 51.3 Å². The van der Waals surface area contributed by atoms with Gasteiger partial charge in [-0.05, 0) is 71.2 Å². The van der Waals surface area contributed by atoms with Crippen LogP contribution in [-0.4, -0.2) is 24.3 Å². The fourth-order valence-electron chi connectivity index (χ4n) is 3.72. The first-order valence-electron chi connectivity index (χ1n) is 10.2. The lowest BCUT2D eigenvalue weighted by molar-refractivity contribution is -0.139. The number of methoxy groups -OCH3 is 1. The lowest BCUT2D eigenvalue weighted by atomic mass is 9.96. The second kappa shape index (κ2) is 10.1. The molecule has 176 valence electrons. The minimum absolute atomic E-state index is 0.203. The highest BCUT2D eigenvalue weighted by Gasteiger charge is 2.33. The van der Waals surface area contributed by atoms with Crippen LogP contribution in [0.15, 0.2) is 61.9 Å². The first-order valence-corrected chi connectivity index (χ1v) is 12.6. The third-order valence-corrected chi connectivity index (χ3v) is 7.42. The van der Waals surface area contributed by atoms with Crippen LogP contribution in [0.4, 0.5) is 0 Å². The van der Waals surface area contributed by atoms with Crippen molar-refractivity contribution in [1.29, 1.82) is 0 Å². The van der Waals surface area contributed by atoms with Crippen LogP contribution in [0.1, 0.15) is 31.0 Å². The van der Waals surface area contributed by atoms with Gasteiger partial charge in [0, 0.05) is 10.0 Å². The van der Waals surface area contributed by atoms with Gasteiger partial charge in [0.2, 0.25) is 0 Å². The Morgan fingerprint density at radius 2 is 2.03 bits per heavy atom. The number of allylic oxidation sites excluding steroid dienone is 1. The van der Waals surface area contributed by atoms with E-state index in [0.717, 1.165) is 0 Å². The highest BCUT2D eigenvalue weighted by molar-refractivity contribution is 9.10. The molecule has 0 saturated heterocycles. The lowest BCUT2D eigenvalue weighted by Crippen LogP contribution is -2.40. The van der Waals surface area contributed by atoms with Gasteiger partial charge in [-0.2, -0.15) is 0 Å². The molecule has 0 N–H and O–H groups in total. The predicted molar refractivity (Wildman–Crippen MR) is 138 cm³/mol. The normalized spacial score (nSPS) is 15.7. The van der Waals surface area contributed by atoms with Crippen LogP contribution in [0.2, 0.25) is 10.0 Å². The summed E-state index contributed by atoms with van der Waals surface area (Å²) in [6, 6.07) is 9.77. The number of halogens is 3. The van der Waals surface area contributed by atoms with Crippen molar-refractivity contribution in [3.63, 3.8) is 0 Å². The number of hydrogen-bond donors (Lipinski definition) is 0. The molecule has 0 radical (unpaired) electrons. The summed E-state index contributed by atoms with van der Waals surface area (Å²) in [4.78, 5) is 31.6. The molecule has 1 atom stereocenters. The van der Waals surface area contributed by atoms with Crippen molar-refractivity contribution in [1.82, 2.24) is 4.57 Å². The van der Waals surface area contributed by atoms with E-state index >= 15 is 0 Å². The lowest BCUT2D eigenvalue weighted by Gasteiger charge is -2.25. The van der Waals surface area contributed by atoms with E-state index in [9.17, 15) is 9.59 Å². The predicted octanol–water partition coefficient (Wildman–Crippen LogP) is 4.88. The molecule has 0 amide bonds. The van der Waals surface area contributed by atoms with Gasteiger partial charge in [0.05, 0.1) is 40.0 Å². The number of ether oxygens (including phenoxy) is 2. The number of carbonyl (C=O) groups excluding carboxylic acids is 1. The van der Waals surface area contributed by atoms with Crippen LogP contribution in [0, 0.1) is 0 Å². The minimum atomic E-state index is -0.722. The van der Waals surface area contributed by atoms with Crippen LogP contribution >= 0.6 is 50.5 Å². The number of fused-ring (bicyclic) bond motifs is 1. The molecule has 4 rings (SSSR count). The molecule has 2 aromatic carbocycles. The van der Waals surface area contributed by atoms with Crippen LogP contribution < -0.4 is 19.6 Å². The summed E-state index contributed by atoms with van der Waals surface area (Å²) in [5, 5.41) is 0.931. The third kappa shape index (κ3) is 4.60. The molecule has 1 aliphatic heterocycles. The van der Waals surface area contributed by atoms with Crippen LogP contribution in [0.25, 0.3) is 6.08 Å². The van der Waals surface area contributed by atoms with Gasteiger partial charge >= 0.3 is 5.97 Å². The number of benzene rings is 2. The van der Waals surface area contributed by atoms with E-state index in [-0.39, 0.29) is 12.2 Å². The van der Waals surface area contributed by atoms with Gasteiger partial charge in [0.15, 0.2) is 4.80 Å². The van der Waals surface area contributed by atoms with Crippen molar-refractivity contribution < 1.29 is 14.3 Å². The number of rotatable bonds is 5. The number of hydrogen-bond acceptors (Lipinski definition) is 6. The van der Waals surface area contributed by atoms with E-state index in [2.05, 4.69) is 20.9 Å². The molecule has 1 aliphatic rings. The fraction of sp³-hybridized carbons (Fsp3) is 0.208. The van der Waals surface area contributed by atoms with E-state index in [4.69, 9.17) is 32.7 Å². The average Bonchev–Trinajstić information content (AvgIpc) is 3.09. The smallest absolute Gasteiger partial charge is 0.338 e. The van der Waals surface area contributed by atoms with Gasteiger partial charge < -0.3 is 9.47 Å². The first-order chi connectivity index (χ1) is 16.2. The summed E-state index contributed by atoms with van der Waals surface area (Å²) >= 11 is 17.1. The van der Waals surface area contributed by atoms with Gasteiger partial charge in [0.25, 0.3) is 5.56 Å². The zero-order chi connectivity index (χ0) is 24.6. The van der Waals surface area contributed by atoms with Crippen LogP contribution in [0.3, 0.4) is 0 Å². The SMILES string of the molecule is CCOC(=O)C1=C(C)N=c2s/c(=C/c3ccc(Cl)cc3Cl)c(=O)n2[C@@H]1c1ccc(OC)c(Br)c1. The average molecular weight is 582 g/mol. The maximum Gasteiger partial charge on any atom is 0.338 e. The topological polar surface area (TPSA) is 69.9 Å². The quantitative estimate of drug-likeness (QED) is 0.403. The van der Waals surface area contributed by atoms with E-state index in [1.165, 1.54) is 15.9 Å². The molecule has 0 spiro atoms. The summed E-state index contributed by atoms with van der Waals surface area (Å²) in [5.41, 5.74) is 1.87. The first kappa shape index (κ1) is 24.7. The maximum absolute atomic E-state index is 13.6. The molecule has 0 fully saturated rings. The molecule has 34 heavy (non-hydrogen) atoms. The Labute approximate surface area is 217 Å². The molecule has 0 aliphatic carbocycles. The largest absolute Gasteiger partial charge is 0.496 e. The summed E-state index contributed by atoms with van der Waals surface area (Å²) in [7, 11) is 1.57. The zero-order valence-electron chi connectivity index (χ0n) is 18.4. The van der Waals surface area contributed by atoms with Crippen molar-refractivity contribution in [3.05, 3.63) is 93.0 Å². The monoisotopic (exact) mass is 580 g/mol. The van der Waals surface area contributed by atoms with Gasteiger partial charge in [-0.1, -0.05) is 46.7 Å². The summed E-state index contributed by atoms with van der Waals surface area (Å²) in [6.45, 7) is 3.68. The molecular formula is C24H19BrCl2N2O4S. The summed E-state index contributed by atoms with van der Waals surface area (Å²) in [5.74, 6) is 0.114. The number of thiazole rings is 1. The minimum Gasteiger partial charge on any atom is -0.496 e. The van der Waals surface area contributed by atoms with Crippen molar-refractivity contribution in [2.75, 3.05) is 13.7 Å². The van der Waals surface area contributed by atoms with Crippen molar-refractivity contribution >= 4 is 62.5 Å². The Kier molecular flexibility index (Phi) is 7.33. The molecule has 1 aromatic heterocycles. The Bertz CT molecular complexity index is 1510. The maximum atomic E-state index is 13.6. The Hall–Kier alpha value is -2.39. The van der Waals surface area contributed by atoms with Crippen LogP contribution in [0.5, 0.6) is 5.75 Å². The van der Waals surface area contributed by atoms with Gasteiger partial charge in [0.1, 0.15) is 5.75 Å². The number of nitrogens with zero attached hydrogens (tertiary/aromatic N) is 2. The molecule has 6 nitrogen and oxygen atoms in total. The molecule has 0 saturated carbocycles. The number of esters is 1. The second-order valence-electron chi connectivity index (χ2n) is 7.36. The summed E-state index contributed by atoms with van der Waals surface area (Å²) < 4.78 is 13.3. The highest BCUT2D eigenvalue weighted by Crippen LogP contribution is 2.35. The standard InChI is InChI=1S/C24H19BrCl2N2O4S/c1-4-33-23(31)20-12(2)28-24-29(21(20)14-6-8-18(32-3)16(25)9-14)22(30)19(34-24)10-13-5-7-15(26)11-17(13)27/h5-11,21H,4H2,1-3H3/b19-10+/t21-/m1/s1. The van der Waals surface area contributed by atoms with Gasteiger partial charge in [-0.15, -0.1) is 0 Å². The van der Waals surface area contributed by atoms with E-state index in [0.29, 0.717) is 52.0 Å². The highest BCUT2D eigenvalue weighted by atomic mass is 79.9. The molecule has 0 bridgehead atoms. The molecule has 3 aromatic rings. The number of aromatic nitrogens is 1. The third-order valence-electron chi connectivity index (χ3n) is 5.26. The molecule has 2 heterocycles. The zero-order valence-corrected chi connectivity index (χ0v) is 22.3. The van der Waals surface area contributed by atoms with Crippen molar-refractivity contribution in [2.45, 2.75) is 19.9 Å². The fourth-order valence-corrected chi connectivity index (χ4v) is 5.78. The Balaban J connectivity index is 1.97. The van der Waals surface area contributed by atoms with Crippen LogP contribution in [-0.2, 0) is 9.53 Å². The Morgan fingerprint density at radius 3 is 2.68 bits per heavy atom. The molecule has 10 heteroatoms.